The topological polar surface area (TPSA) is 49.4 Å². The third-order valence-electron chi connectivity index (χ3n) is 4.82. The summed E-state index contributed by atoms with van der Waals surface area (Å²) in [5, 5.41) is 3.53. The van der Waals surface area contributed by atoms with Crippen LogP contribution in [0.5, 0.6) is 0 Å². The molecule has 0 bridgehead atoms. The van der Waals surface area contributed by atoms with E-state index in [2.05, 4.69) is 5.32 Å². The predicted molar refractivity (Wildman–Crippen MR) is 122 cm³/mol. The number of thioether (sulfide) groups is 1. The lowest BCUT2D eigenvalue weighted by Crippen LogP contribution is -2.50. The number of halogens is 2. The number of nitrogens with zero attached hydrogens (tertiary/aromatic N) is 1. The smallest absolute Gasteiger partial charge is 0.242 e. The Morgan fingerprint density at radius 2 is 1.83 bits per heavy atom. The van der Waals surface area contributed by atoms with Crippen molar-refractivity contribution >= 4 is 35.2 Å². The van der Waals surface area contributed by atoms with Crippen LogP contribution in [0.15, 0.2) is 48.5 Å². The maximum atomic E-state index is 13.0. The zero-order valence-electron chi connectivity index (χ0n) is 17.5. The highest BCUT2D eigenvalue weighted by atomic mass is 35.5. The number of hydrogen-bond acceptors (Lipinski definition) is 3. The fraction of sp³-hybridized carbons (Fsp3) is 0.391. The van der Waals surface area contributed by atoms with Crippen LogP contribution in [-0.2, 0) is 21.9 Å². The molecule has 30 heavy (non-hydrogen) atoms. The van der Waals surface area contributed by atoms with E-state index in [9.17, 15) is 14.0 Å². The molecule has 1 N–H and O–H groups in total. The van der Waals surface area contributed by atoms with Gasteiger partial charge >= 0.3 is 0 Å². The molecule has 2 aromatic rings. The minimum atomic E-state index is -0.614. The quantitative estimate of drug-likeness (QED) is 0.551. The number of hydrogen-bond donors (Lipinski definition) is 1. The van der Waals surface area contributed by atoms with E-state index in [4.69, 9.17) is 11.6 Å². The zero-order valence-corrected chi connectivity index (χ0v) is 19.1. The van der Waals surface area contributed by atoms with Crippen molar-refractivity contribution < 1.29 is 14.0 Å². The van der Waals surface area contributed by atoms with Crippen LogP contribution in [0.25, 0.3) is 0 Å². The molecule has 0 aliphatic carbocycles. The van der Waals surface area contributed by atoms with E-state index in [1.165, 1.54) is 23.9 Å². The van der Waals surface area contributed by atoms with Gasteiger partial charge in [-0.15, -0.1) is 11.8 Å². The van der Waals surface area contributed by atoms with Crippen LogP contribution < -0.4 is 5.32 Å². The van der Waals surface area contributed by atoms with Gasteiger partial charge in [-0.05, 0) is 55.7 Å². The van der Waals surface area contributed by atoms with Gasteiger partial charge in [-0.2, -0.15) is 0 Å². The van der Waals surface area contributed by atoms with E-state index in [-0.39, 0.29) is 29.4 Å². The highest BCUT2D eigenvalue weighted by Gasteiger charge is 2.26. The zero-order chi connectivity index (χ0) is 22.1. The summed E-state index contributed by atoms with van der Waals surface area (Å²) < 4.78 is 13.0. The van der Waals surface area contributed by atoms with Gasteiger partial charge < -0.3 is 10.2 Å². The molecule has 2 aromatic carbocycles. The van der Waals surface area contributed by atoms with Gasteiger partial charge in [-0.3, -0.25) is 9.59 Å². The number of benzene rings is 2. The van der Waals surface area contributed by atoms with E-state index >= 15 is 0 Å². The van der Waals surface area contributed by atoms with Crippen molar-refractivity contribution in [2.75, 3.05) is 5.75 Å². The molecule has 0 aliphatic rings. The largest absolute Gasteiger partial charge is 0.352 e. The van der Waals surface area contributed by atoms with Gasteiger partial charge in [0.2, 0.25) is 11.8 Å². The summed E-state index contributed by atoms with van der Waals surface area (Å²) in [6, 6.07) is 12.9. The van der Waals surface area contributed by atoms with E-state index < -0.39 is 6.04 Å². The van der Waals surface area contributed by atoms with Crippen LogP contribution >= 0.6 is 23.4 Å². The lowest BCUT2D eigenvalue weighted by molar-refractivity contribution is -0.138. The molecule has 0 saturated carbocycles. The summed E-state index contributed by atoms with van der Waals surface area (Å²) in [5.41, 5.74) is 1.81. The van der Waals surface area contributed by atoms with Gasteiger partial charge in [-0.25, -0.2) is 4.39 Å². The molecule has 0 saturated heterocycles. The fourth-order valence-corrected chi connectivity index (χ4v) is 3.88. The first kappa shape index (κ1) is 24.2. The van der Waals surface area contributed by atoms with E-state index in [1.807, 2.05) is 26.0 Å². The van der Waals surface area contributed by atoms with Crippen molar-refractivity contribution in [2.45, 2.75) is 51.6 Å². The van der Waals surface area contributed by atoms with Crippen LogP contribution in [0.1, 0.15) is 38.3 Å². The second kappa shape index (κ2) is 12.0. The van der Waals surface area contributed by atoms with E-state index in [0.717, 1.165) is 17.5 Å². The second-order valence-corrected chi connectivity index (χ2v) is 8.69. The van der Waals surface area contributed by atoms with Gasteiger partial charge in [-0.1, -0.05) is 42.8 Å². The minimum absolute atomic E-state index is 0.0379. The minimum Gasteiger partial charge on any atom is -0.352 e. The van der Waals surface area contributed by atoms with Crippen LogP contribution in [0, 0.1) is 5.82 Å². The Bertz CT molecular complexity index is 847. The SMILES string of the molecule is CCC(C)NC(=O)C(C)N(Cc1cccc(Cl)c1)C(=O)CSCc1ccc(F)cc1. The maximum Gasteiger partial charge on any atom is 0.242 e. The lowest BCUT2D eigenvalue weighted by atomic mass is 10.1. The number of carbonyl (C=O) groups excluding carboxylic acids is 2. The van der Waals surface area contributed by atoms with Crippen molar-refractivity contribution in [3.8, 4) is 0 Å². The summed E-state index contributed by atoms with van der Waals surface area (Å²) in [7, 11) is 0. The van der Waals surface area contributed by atoms with Gasteiger partial charge in [0.1, 0.15) is 11.9 Å². The molecular weight excluding hydrogens is 423 g/mol. The Hall–Kier alpha value is -2.05. The monoisotopic (exact) mass is 450 g/mol. The Kier molecular flexibility index (Phi) is 9.66. The first-order valence-corrected chi connectivity index (χ1v) is 11.5. The van der Waals surface area contributed by atoms with Gasteiger partial charge in [0.25, 0.3) is 0 Å². The summed E-state index contributed by atoms with van der Waals surface area (Å²) in [6.07, 6.45) is 0.814. The van der Waals surface area contributed by atoms with Crippen LogP contribution in [0.3, 0.4) is 0 Å². The standard InChI is InChI=1S/C23H28ClFN2O2S/c1-4-16(2)26-23(29)17(3)27(13-19-6-5-7-20(24)12-19)22(28)15-30-14-18-8-10-21(25)11-9-18/h5-12,16-17H,4,13-15H2,1-3H3,(H,26,29). The fourth-order valence-electron chi connectivity index (χ4n) is 2.80. The molecule has 0 aromatic heterocycles. The van der Waals surface area contributed by atoms with Crippen molar-refractivity contribution in [1.29, 1.82) is 0 Å². The van der Waals surface area contributed by atoms with Crippen molar-refractivity contribution in [3.63, 3.8) is 0 Å². The van der Waals surface area contributed by atoms with E-state index in [0.29, 0.717) is 17.3 Å². The molecule has 2 rings (SSSR count). The molecule has 4 nitrogen and oxygen atoms in total. The molecule has 0 fully saturated rings. The number of amides is 2. The first-order valence-electron chi connectivity index (χ1n) is 9.96. The molecule has 0 radical (unpaired) electrons. The third-order valence-corrected chi connectivity index (χ3v) is 6.04. The third kappa shape index (κ3) is 7.65. The summed E-state index contributed by atoms with van der Waals surface area (Å²) in [4.78, 5) is 27.3. The van der Waals surface area contributed by atoms with Crippen LogP contribution in [-0.4, -0.2) is 34.6 Å². The normalized spacial score (nSPS) is 12.8. The molecule has 7 heteroatoms. The summed E-state index contributed by atoms with van der Waals surface area (Å²) >= 11 is 7.53. The number of nitrogens with one attached hydrogen (secondary N) is 1. The molecule has 0 heterocycles. The predicted octanol–water partition coefficient (Wildman–Crippen LogP) is 5.04. The maximum absolute atomic E-state index is 13.0. The molecule has 2 atom stereocenters. The Balaban J connectivity index is 2.07. The van der Waals surface area contributed by atoms with Crippen molar-refractivity contribution in [2.24, 2.45) is 0 Å². The highest BCUT2D eigenvalue weighted by Crippen LogP contribution is 2.18. The molecule has 162 valence electrons. The Morgan fingerprint density at radius 1 is 1.13 bits per heavy atom. The number of carbonyl (C=O) groups is 2. The van der Waals surface area contributed by atoms with Crippen LogP contribution in [0.2, 0.25) is 5.02 Å². The summed E-state index contributed by atoms with van der Waals surface area (Å²) in [6.45, 7) is 5.97. The average molecular weight is 451 g/mol. The highest BCUT2D eigenvalue weighted by molar-refractivity contribution is 7.99. The average Bonchev–Trinajstić information content (AvgIpc) is 2.72. The molecule has 2 amide bonds. The number of rotatable bonds is 10. The van der Waals surface area contributed by atoms with Gasteiger partial charge in [0, 0.05) is 23.4 Å². The lowest BCUT2D eigenvalue weighted by Gasteiger charge is -2.29. The molecule has 0 aliphatic heterocycles. The van der Waals surface area contributed by atoms with Gasteiger partial charge in [0.05, 0.1) is 5.75 Å². The molecular formula is C23H28ClFN2O2S. The van der Waals surface area contributed by atoms with Gasteiger partial charge in [0.15, 0.2) is 0 Å². The van der Waals surface area contributed by atoms with Crippen molar-refractivity contribution in [1.82, 2.24) is 10.2 Å². The molecule has 2 unspecified atom stereocenters. The van der Waals surface area contributed by atoms with Crippen LogP contribution in [0.4, 0.5) is 4.39 Å². The van der Waals surface area contributed by atoms with E-state index in [1.54, 1.807) is 36.1 Å². The second-order valence-electron chi connectivity index (χ2n) is 7.26. The first-order chi connectivity index (χ1) is 14.3. The van der Waals surface area contributed by atoms with Crippen molar-refractivity contribution in [3.05, 3.63) is 70.5 Å². The molecule has 0 spiro atoms. The Morgan fingerprint density at radius 3 is 2.47 bits per heavy atom. The summed E-state index contributed by atoms with van der Waals surface area (Å²) in [5.74, 6) is 0.217. The Labute approximate surface area is 187 Å².